The van der Waals surface area contributed by atoms with Crippen molar-refractivity contribution in [3.05, 3.63) is 16.1 Å². The van der Waals surface area contributed by atoms with Crippen molar-refractivity contribution in [2.45, 2.75) is 98.3 Å². The third-order valence-electron chi connectivity index (χ3n) is 8.13. The molecule has 1 amide bonds. The quantitative estimate of drug-likeness (QED) is 0.332. The predicted octanol–water partition coefficient (Wildman–Crippen LogP) is 5.49. The fraction of sp³-hybridized carbons (Fsp3) is 0.786. The minimum atomic E-state index is -1.12. The Hall–Kier alpha value is -2.00. The SMILES string of the molecule is CC[C@H](C)[C@H](CC[C@H]1C[C@H](C)CCN1C)C(=O)N(C)[C@H](C[C@@H](OC(C)=O)c1nc(C(=O)O)cs1)C(C)C. The van der Waals surface area contributed by atoms with E-state index in [4.69, 9.17) is 4.74 Å². The normalized spacial score (nSPS) is 21.8. The maximum atomic E-state index is 14.0. The topological polar surface area (TPSA) is 100 Å². The van der Waals surface area contributed by atoms with E-state index in [9.17, 15) is 19.5 Å². The van der Waals surface area contributed by atoms with Crippen molar-refractivity contribution in [3.8, 4) is 0 Å². The smallest absolute Gasteiger partial charge is 0.355 e. The Morgan fingerprint density at radius 2 is 1.97 bits per heavy atom. The van der Waals surface area contributed by atoms with Gasteiger partial charge >= 0.3 is 11.9 Å². The second kappa shape index (κ2) is 14.2. The Bertz CT molecular complexity index is 904. The Morgan fingerprint density at radius 1 is 1.30 bits per heavy atom. The molecule has 1 aromatic rings. The monoisotopic (exact) mass is 537 g/mol. The second-order valence-electron chi connectivity index (χ2n) is 11.3. The standard InChI is InChI=1S/C28H47N3O5S/c1-9-19(5)22(11-10-21-14-18(4)12-13-30(21)7)27(33)31(8)24(17(2)3)15-25(36-20(6)32)26-29-23(16-37-26)28(34)35/h16-19,21-22,24-25H,9-15H2,1-8H3,(H,34,35)/t18-,19+,21+,22+,24-,25-/m1/s1. The lowest BCUT2D eigenvalue weighted by Crippen LogP contribution is -2.46. The van der Waals surface area contributed by atoms with Gasteiger partial charge < -0.3 is 19.6 Å². The summed E-state index contributed by atoms with van der Waals surface area (Å²) in [5, 5.41) is 11.2. The summed E-state index contributed by atoms with van der Waals surface area (Å²) in [6, 6.07) is 0.314. The molecule has 8 nitrogen and oxygen atoms in total. The summed E-state index contributed by atoms with van der Waals surface area (Å²) in [6.07, 6.45) is 4.86. The number of thiazole rings is 1. The lowest BCUT2D eigenvalue weighted by molar-refractivity contribution is -0.149. The number of aromatic nitrogens is 1. The van der Waals surface area contributed by atoms with Crippen molar-refractivity contribution in [3.63, 3.8) is 0 Å². The molecule has 1 saturated heterocycles. The number of piperidine rings is 1. The molecule has 0 aromatic carbocycles. The second-order valence-corrected chi connectivity index (χ2v) is 12.2. The molecule has 0 unspecified atom stereocenters. The number of carbonyl (C=O) groups excluding carboxylic acids is 2. The number of carboxylic acid groups (broad SMARTS) is 1. The van der Waals surface area contributed by atoms with Crippen molar-refractivity contribution in [2.24, 2.45) is 23.7 Å². The van der Waals surface area contributed by atoms with Crippen LogP contribution in [0.2, 0.25) is 0 Å². The Labute approximate surface area is 226 Å². The van der Waals surface area contributed by atoms with E-state index in [1.165, 1.54) is 25.1 Å². The lowest BCUT2D eigenvalue weighted by Gasteiger charge is -2.39. The maximum Gasteiger partial charge on any atom is 0.355 e. The number of esters is 1. The van der Waals surface area contributed by atoms with Crippen LogP contribution in [-0.4, -0.2) is 70.5 Å². The molecule has 1 N–H and O–H groups in total. The number of rotatable bonds is 13. The number of nitrogens with zero attached hydrogens (tertiary/aromatic N) is 3. The van der Waals surface area contributed by atoms with E-state index < -0.39 is 18.0 Å². The molecule has 0 saturated carbocycles. The highest BCUT2D eigenvalue weighted by molar-refractivity contribution is 7.09. The highest BCUT2D eigenvalue weighted by Gasteiger charge is 2.35. The first-order chi connectivity index (χ1) is 17.3. The molecule has 0 radical (unpaired) electrons. The first-order valence-electron chi connectivity index (χ1n) is 13.7. The molecule has 2 heterocycles. The van der Waals surface area contributed by atoms with Crippen LogP contribution in [0.15, 0.2) is 5.38 Å². The maximum absolute atomic E-state index is 14.0. The molecule has 9 heteroatoms. The van der Waals surface area contributed by atoms with Gasteiger partial charge in [-0.25, -0.2) is 9.78 Å². The van der Waals surface area contributed by atoms with Gasteiger partial charge in [0, 0.05) is 43.8 Å². The molecule has 1 fully saturated rings. The molecule has 1 aliphatic heterocycles. The molecule has 6 atom stereocenters. The van der Waals surface area contributed by atoms with E-state index in [-0.39, 0.29) is 35.4 Å². The zero-order chi connectivity index (χ0) is 27.9. The van der Waals surface area contributed by atoms with E-state index in [1.807, 2.05) is 11.9 Å². The van der Waals surface area contributed by atoms with Crippen LogP contribution < -0.4 is 0 Å². The van der Waals surface area contributed by atoms with E-state index in [1.54, 1.807) is 0 Å². The summed E-state index contributed by atoms with van der Waals surface area (Å²) in [5.41, 5.74) is -0.0680. The Morgan fingerprint density at radius 3 is 2.51 bits per heavy atom. The summed E-state index contributed by atoms with van der Waals surface area (Å²) in [4.78, 5) is 45.7. The molecule has 0 bridgehead atoms. The van der Waals surface area contributed by atoms with Crippen molar-refractivity contribution < 1.29 is 24.2 Å². The lowest BCUT2D eigenvalue weighted by atomic mass is 9.82. The highest BCUT2D eigenvalue weighted by Crippen LogP contribution is 2.33. The minimum Gasteiger partial charge on any atom is -0.476 e. The van der Waals surface area contributed by atoms with E-state index in [2.05, 4.69) is 51.6 Å². The summed E-state index contributed by atoms with van der Waals surface area (Å²) >= 11 is 1.16. The first kappa shape index (κ1) is 31.2. The molecule has 0 aliphatic carbocycles. The fourth-order valence-electron chi connectivity index (χ4n) is 5.47. The van der Waals surface area contributed by atoms with Gasteiger partial charge in [0.1, 0.15) is 5.01 Å². The number of likely N-dealkylation sites (tertiary alicyclic amines) is 1. The Balaban J connectivity index is 2.22. The fourth-order valence-corrected chi connectivity index (χ4v) is 6.30. The van der Waals surface area contributed by atoms with Gasteiger partial charge in [-0.15, -0.1) is 11.3 Å². The van der Waals surface area contributed by atoms with Crippen molar-refractivity contribution in [1.29, 1.82) is 0 Å². The molecule has 210 valence electrons. The average Bonchev–Trinajstić information content (AvgIpc) is 3.33. The van der Waals surface area contributed by atoms with Crippen molar-refractivity contribution >= 4 is 29.2 Å². The molecule has 37 heavy (non-hydrogen) atoms. The molecule has 1 aliphatic rings. The minimum absolute atomic E-state index is 0.0680. The first-order valence-corrected chi connectivity index (χ1v) is 14.6. The van der Waals surface area contributed by atoms with Gasteiger partial charge in [0.25, 0.3) is 0 Å². The van der Waals surface area contributed by atoms with E-state index in [0.717, 1.165) is 43.1 Å². The summed E-state index contributed by atoms with van der Waals surface area (Å²) in [6.45, 7) is 13.2. The average molecular weight is 538 g/mol. The predicted molar refractivity (Wildman–Crippen MR) is 147 cm³/mol. The van der Waals surface area contributed by atoms with Crippen LogP contribution in [0.1, 0.15) is 102 Å². The number of hydrogen-bond acceptors (Lipinski definition) is 7. The summed E-state index contributed by atoms with van der Waals surface area (Å²) < 4.78 is 5.59. The number of hydrogen-bond donors (Lipinski definition) is 1. The molecule has 0 spiro atoms. The van der Waals surface area contributed by atoms with Crippen LogP contribution in [0, 0.1) is 23.7 Å². The Kier molecular flexibility index (Phi) is 12.0. The molecule has 2 rings (SSSR count). The third kappa shape index (κ3) is 8.77. The van der Waals surface area contributed by atoms with Gasteiger partial charge in [-0.05, 0) is 57.0 Å². The number of amides is 1. The van der Waals surface area contributed by atoms with Gasteiger partial charge in [-0.1, -0.05) is 41.0 Å². The highest BCUT2D eigenvalue weighted by atomic mass is 32.1. The van der Waals surface area contributed by atoms with E-state index >= 15 is 0 Å². The number of carboxylic acids is 1. The van der Waals surface area contributed by atoms with Crippen molar-refractivity contribution in [2.75, 3.05) is 20.6 Å². The van der Waals surface area contributed by atoms with Gasteiger partial charge in [0.05, 0.1) is 0 Å². The molecular formula is C28H47N3O5S. The molecule has 1 aromatic heterocycles. The van der Waals surface area contributed by atoms with E-state index in [0.29, 0.717) is 17.5 Å². The summed E-state index contributed by atoms with van der Waals surface area (Å²) in [5.74, 6) is -0.441. The number of carbonyl (C=O) groups is 3. The van der Waals surface area contributed by atoms with Gasteiger partial charge in [-0.3, -0.25) is 9.59 Å². The van der Waals surface area contributed by atoms with Gasteiger partial charge in [0.15, 0.2) is 11.8 Å². The molecular weight excluding hydrogens is 490 g/mol. The van der Waals surface area contributed by atoms with Gasteiger partial charge in [0.2, 0.25) is 5.91 Å². The van der Waals surface area contributed by atoms with Crippen LogP contribution in [-0.2, 0) is 14.3 Å². The van der Waals surface area contributed by atoms with Crippen LogP contribution in [0.5, 0.6) is 0 Å². The van der Waals surface area contributed by atoms with Crippen LogP contribution in [0.3, 0.4) is 0 Å². The number of ether oxygens (including phenoxy) is 1. The van der Waals surface area contributed by atoms with Crippen LogP contribution in [0.25, 0.3) is 0 Å². The zero-order valence-corrected chi connectivity index (χ0v) is 24.7. The van der Waals surface area contributed by atoms with Crippen molar-refractivity contribution in [1.82, 2.24) is 14.8 Å². The largest absolute Gasteiger partial charge is 0.476 e. The number of aromatic carboxylic acids is 1. The zero-order valence-electron chi connectivity index (χ0n) is 23.9. The summed E-state index contributed by atoms with van der Waals surface area (Å²) in [7, 11) is 4.05. The third-order valence-corrected chi connectivity index (χ3v) is 9.06. The van der Waals surface area contributed by atoms with Gasteiger partial charge in [-0.2, -0.15) is 0 Å². The van der Waals surface area contributed by atoms with Crippen LogP contribution in [0.4, 0.5) is 0 Å². The van der Waals surface area contributed by atoms with Crippen LogP contribution >= 0.6 is 11.3 Å².